The molecular weight excluding hydrogens is 280 g/mol. The lowest BCUT2D eigenvalue weighted by Crippen LogP contribution is -2.14. The van der Waals surface area contributed by atoms with Crippen molar-refractivity contribution < 1.29 is 19.8 Å². The van der Waals surface area contributed by atoms with Crippen molar-refractivity contribution in [3.8, 4) is 0 Å². The molecule has 0 heterocycles. The molecule has 4 nitrogen and oxygen atoms in total. The van der Waals surface area contributed by atoms with E-state index in [0.717, 1.165) is 5.56 Å². The second-order valence-electron chi connectivity index (χ2n) is 4.87. The monoisotopic (exact) mass is 296 g/mol. The molecule has 1 atom stereocenters. The number of carboxylic acid groups (broad SMARTS) is 2. The van der Waals surface area contributed by atoms with Gasteiger partial charge in [0.2, 0.25) is 0 Å². The Bertz CT molecular complexity index is 704. The first-order valence-corrected chi connectivity index (χ1v) is 6.81. The van der Waals surface area contributed by atoms with Crippen molar-refractivity contribution in [1.29, 1.82) is 0 Å². The summed E-state index contributed by atoms with van der Waals surface area (Å²) in [5, 5.41) is 18.7. The van der Waals surface area contributed by atoms with Crippen LogP contribution in [0.5, 0.6) is 0 Å². The summed E-state index contributed by atoms with van der Waals surface area (Å²) in [6.07, 6.45) is 2.23. The lowest BCUT2D eigenvalue weighted by Gasteiger charge is -2.19. The summed E-state index contributed by atoms with van der Waals surface area (Å²) in [4.78, 5) is 22.9. The molecular formula is C18H16O4. The first kappa shape index (κ1) is 15.5. The molecule has 0 spiro atoms. The Morgan fingerprint density at radius 2 is 1.68 bits per heavy atom. The molecule has 0 saturated carbocycles. The smallest absolute Gasteiger partial charge is 0.336 e. The van der Waals surface area contributed by atoms with Gasteiger partial charge in [-0.2, -0.15) is 0 Å². The molecule has 0 fully saturated rings. The summed E-state index contributed by atoms with van der Waals surface area (Å²) in [6.45, 7) is 3.72. The largest absolute Gasteiger partial charge is 0.478 e. The first-order chi connectivity index (χ1) is 10.6. The normalized spacial score (nSPS) is 11.6. The van der Waals surface area contributed by atoms with Crippen LogP contribution in [0.15, 0.2) is 61.2 Å². The van der Waals surface area contributed by atoms with Crippen molar-refractivity contribution in [1.82, 2.24) is 0 Å². The zero-order valence-corrected chi connectivity index (χ0v) is 11.9. The third-order valence-corrected chi connectivity index (χ3v) is 3.52. The lowest BCUT2D eigenvalue weighted by molar-refractivity contribution is 0.0650. The van der Waals surface area contributed by atoms with Crippen LogP contribution in [0.1, 0.15) is 44.2 Å². The van der Waals surface area contributed by atoms with E-state index in [1.807, 2.05) is 30.3 Å². The Kier molecular flexibility index (Phi) is 4.73. The van der Waals surface area contributed by atoms with Crippen molar-refractivity contribution in [2.24, 2.45) is 0 Å². The summed E-state index contributed by atoms with van der Waals surface area (Å²) in [5.74, 6) is -2.73. The number of rotatable bonds is 6. The van der Waals surface area contributed by atoms with Gasteiger partial charge in [-0.15, -0.1) is 6.58 Å². The maximum Gasteiger partial charge on any atom is 0.336 e. The number of carbonyl (C=O) groups is 2. The number of aromatic carboxylic acids is 2. The molecule has 0 aliphatic rings. The molecule has 2 aromatic carbocycles. The van der Waals surface area contributed by atoms with E-state index in [9.17, 15) is 19.8 Å². The van der Waals surface area contributed by atoms with Gasteiger partial charge in [-0.05, 0) is 23.6 Å². The van der Waals surface area contributed by atoms with Crippen molar-refractivity contribution >= 4 is 11.9 Å². The Hall–Kier alpha value is -2.88. The minimum atomic E-state index is -1.25. The topological polar surface area (TPSA) is 74.6 Å². The molecule has 0 saturated heterocycles. The molecule has 0 bridgehead atoms. The van der Waals surface area contributed by atoms with E-state index in [1.54, 1.807) is 18.2 Å². The van der Waals surface area contributed by atoms with Gasteiger partial charge < -0.3 is 10.2 Å². The number of carboxylic acids is 2. The number of hydrogen-bond acceptors (Lipinski definition) is 2. The molecule has 0 radical (unpaired) electrons. The SMILES string of the molecule is C=CCC(c1ccccc1)c1cccc(C(=O)O)c1C(=O)O. The minimum absolute atomic E-state index is 0.161. The van der Waals surface area contributed by atoms with Gasteiger partial charge in [0.1, 0.15) is 0 Å². The highest BCUT2D eigenvalue weighted by Crippen LogP contribution is 2.32. The molecule has 2 rings (SSSR count). The van der Waals surface area contributed by atoms with E-state index < -0.39 is 11.9 Å². The molecule has 0 aliphatic carbocycles. The van der Waals surface area contributed by atoms with Crippen LogP contribution >= 0.6 is 0 Å². The average Bonchev–Trinajstić information content (AvgIpc) is 2.52. The number of hydrogen-bond donors (Lipinski definition) is 2. The van der Waals surface area contributed by atoms with E-state index in [1.165, 1.54) is 6.07 Å². The predicted octanol–water partition coefficient (Wildman–Crippen LogP) is 3.79. The summed E-state index contributed by atoms with van der Waals surface area (Å²) in [7, 11) is 0. The van der Waals surface area contributed by atoms with Crippen LogP contribution in [0.4, 0.5) is 0 Å². The molecule has 2 aromatic rings. The lowest BCUT2D eigenvalue weighted by atomic mass is 9.84. The predicted molar refractivity (Wildman–Crippen MR) is 83.5 cm³/mol. The van der Waals surface area contributed by atoms with Gasteiger partial charge in [0, 0.05) is 5.92 Å². The third-order valence-electron chi connectivity index (χ3n) is 3.52. The molecule has 0 aromatic heterocycles. The molecule has 1 unspecified atom stereocenters. The second-order valence-corrected chi connectivity index (χ2v) is 4.87. The maximum absolute atomic E-state index is 11.6. The van der Waals surface area contributed by atoms with E-state index >= 15 is 0 Å². The van der Waals surface area contributed by atoms with Gasteiger partial charge in [-0.3, -0.25) is 0 Å². The highest BCUT2D eigenvalue weighted by Gasteiger charge is 2.25. The quantitative estimate of drug-likeness (QED) is 0.795. The van der Waals surface area contributed by atoms with Gasteiger partial charge in [-0.1, -0.05) is 48.5 Å². The van der Waals surface area contributed by atoms with Crippen LogP contribution in [0.25, 0.3) is 0 Å². The summed E-state index contributed by atoms with van der Waals surface area (Å²) >= 11 is 0. The number of allylic oxidation sites excluding steroid dienone is 1. The fourth-order valence-electron chi connectivity index (χ4n) is 2.57. The fraction of sp³-hybridized carbons (Fsp3) is 0.111. The average molecular weight is 296 g/mol. The van der Waals surface area contributed by atoms with Gasteiger partial charge in [0.15, 0.2) is 0 Å². The molecule has 0 aliphatic heterocycles. The summed E-state index contributed by atoms with van der Waals surface area (Å²) in [5.41, 5.74) is 1.05. The standard InChI is InChI=1S/C18H16O4/c1-2-7-13(12-8-4-3-5-9-12)14-10-6-11-15(17(19)20)16(14)18(21)22/h2-6,8-11,13H,1,7H2,(H,19,20)(H,21,22). The molecule has 22 heavy (non-hydrogen) atoms. The Morgan fingerprint density at radius 3 is 2.23 bits per heavy atom. The van der Waals surface area contributed by atoms with Gasteiger partial charge in [-0.25, -0.2) is 9.59 Å². The van der Waals surface area contributed by atoms with E-state index in [-0.39, 0.29) is 17.0 Å². The minimum Gasteiger partial charge on any atom is -0.478 e. The van der Waals surface area contributed by atoms with Crippen molar-refractivity contribution in [3.05, 3.63) is 83.4 Å². The summed E-state index contributed by atoms with van der Waals surface area (Å²) < 4.78 is 0. The van der Waals surface area contributed by atoms with Crippen LogP contribution in [-0.2, 0) is 0 Å². The van der Waals surface area contributed by atoms with Crippen LogP contribution in [0.3, 0.4) is 0 Å². The highest BCUT2D eigenvalue weighted by molar-refractivity contribution is 6.03. The van der Waals surface area contributed by atoms with Gasteiger partial charge in [0.25, 0.3) is 0 Å². The third kappa shape index (κ3) is 3.06. The van der Waals surface area contributed by atoms with Crippen LogP contribution in [0, 0.1) is 0 Å². The second kappa shape index (κ2) is 6.72. The van der Waals surface area contributed by atoms with Crippen LogP contribution < -0.4 is 0 Å². The Labute approximate surface area is 128 Å². The first-order valence-electron chi connectivity index (χ1n) is 6.81. The molecule has 0 amide bonds. The van der Waals surface area contributed by atoms with Crippen LogP contribution in [0.2, 0.25) is 0 Å². The Morgan fingerprint density at radius 1 is 1.00 bits per heavy atom. The van der Waals surface area contributed by atoms with Gasteiger partial charge >= 0.3 is 11.9 Å². The highest BCUT2D eigenvalue weighted by atomic mass is 16.4. The zero-order chi connectivity index (χ0) is 16.1. The fourth-order valence-corrected chi connectivity index (χ4v) is 2.57. The van der Waals surface area contributed by atoms with Crippen molar-refractivity contribution in [2.75, 3.05) is 0 Å². The molecule has 4 heteroatoms. The molecule has 2 N–H and O–H groups in total. The van der Waals surface area contributed by atoms with Crippen LogP contribution in [-0.4, -0.2) is 22.2 Å². The maximum atomic E-state index is 11.6. The number of benzene rings is 2. The van der Waals surface area contributed by atoms with E-state index in [2.05, 4.69) is 6.58 Å². The van der Waals surface area contributed by atoms with Crippen molar-refractivity contribution in [2.45, 2.75) is 12.3 Å². The zero-order valence-electron chi connectivity index (χ0n) is 11.9. The Balaban J connectivity index is 2.67. The van der Waals surface area contributed by atoms with E-state index in [4.69, 9.17) is 0 Å². The summed E-state index contributed by atoms with van der Waals surface area (Å²) in [6, 6.07) is 14.0. The van der Waals surface area contributed by atoms with Crippen molar-refractivity contribution in [3.63, 3.8) is 0 Å². The van der Waals surface area contributed by atoms with E-state index in [0.29, 0.717) is 12.0 Å². The molecule has 112 valence electrons. The van der Waals surface area contributed by atoms with Gasteiger partial charge in [0.05, 0.1) is 11.1 Å².